The van der Waals surface area contributed by atoms with E-state index in [1.807, 2.05) is 6.07 Å². The van der Waals surface area contributed by atoms with Crippen LogP contribution in [0.4, 0.5) is 0 Å². The Morgan fingerprint density at radius 3 is 2.95 bits per heavy atom. The highest BCUT2D eigenvalue weighted by molar-refractivity contribution is 7.12. The van der Waals surface area contributed by atoms with Crippen LogP contribution in [0, 0.1) is 5.92 Å². The van der Waals surface area contributed by atoms with Crippen LogP contribution in [0.25, 0.3) is 0 Å². The maximum absolute atomic E-state index is 10.6. The third kappa shape index (κ3) is 4.62. The van der Waals surface area contributed by atoms with Crippen LogP contribution in [0.1, 0.15) is 48.8 Å². The molecule has 1 aliphatic carbocycles. The molecule has 4 heteroatoms. The first-order valence-corrected chi connectivity index (χ1v) is 8.01. The number of carboxylic acids is 1. The summed E-state index contributed by atoms with van der Waals surface area (Å²) in [6, 6.07) is 4.63. The van der Waals surface area contributed by atoms with Gasteiger partial charge >= 0.3 is 5.97 Å². The summed E-state index contributed by atoms with van der Waals surface area (Å²) in [6.07, 6.45) is 6.74. The smallest absolute Gasteiger partial charge is 0.308 e. The molecule has 19 heavy (non-hydrogen) atoms. The highest BCUT2D eigenvalue weighted by atomic mass is 32.1. The third-order valence-corrected chi connectivity index (χ3v) is 5.05. The number of nitrogens with one attached hydrogen (secondary N) is 1. The van der Waals surface area contributed by atoms with Crippen molar-refractivity contribution in [3.05, 3.63) is 21.9 Å². The van der Waals surface area contributed by atoms with Crippen molar-refractivity contribution in [1.29, 1.82) is 0 Å². The van der Waals surface area contributed by atoms with Crippen LogP contribution in [0.3, 0.4) is 0 Å². The van der Waals surface area contributed by atoms with Crippen molar-refractivity contribution in [3.63, 3.8) is 0 Å². The number of carbonyl (C=O) groups is 1. The number of rotatable bonds is 6. The second-order valence-corrected chi connectivity index (χ2v) is 6.71. The molecule has 0 radical (unpaired) electrons. The van der Waals surface area contributed by atoms with Gasteiger partial charge in [-0.2, -0.15) is 0 Å². The van der Waals surface area contributed by atoms with Gasteiger partial charge < -0.3 is 10.4 Å². The van der Waals surface area contributed by atoms with Gasteiger partial charge in [-0.15, -0.1) is 11.3 Å². The van der Waals surface area contributed by atoms with Crippen molar-refractivity contribution in [2.75, 3.05) is 0 Å². The molecular weight excluding hydrogens is 258 g/mol. The van der Waals surface area contributed by atoms with Gasteiger partial charge in [0, 0.05) is 22.3 Å². The molecule has 1 aromatic rings. The summed E-state index contributed by atoms with van der Waals surface area (Å²) < 4.78 is 0. The van der Waals surface area contributed by atoms with Crippen LogP contribution < -0.4 is 5.32 Å². The topological polar surface area (TPSA) is 49.3 Å². The molecular formula is C15H23NO2S. The normalized spacial score (nSPS) is 23.4. The van der Waals surface area contributed by atoms with Crippen LogP contribution in [0.5, 0.6) is 0 Å². The molecule has 1 aliphatic rings. The van der Waals surface area contributed by atoms with Gasteiger partial charge in [-0.05, 0) is 30.9 Å². The Kier molecular flexibility index (Phi) is 5.40. The number of thiophene rings is 1. The molecule has 2 atom stereocenters. The lowest BCUT2D eigenvalue weighted by atomic mass is 9.84. The van der Waals surface area contributed by atoms with E-state index in [1.54, 1.807) is 11.3 Å². The van der Waals surface area contributed by atoms with E-state index >= 15 is 0 Å². The molecule has 2 unspecified atom stereocenters. The molecule has 3 nitrogen and oxygen atoms in total. The first kappa shape index (κ1) is 14.5. The Morgan fingerprint density at radius 1 is 1.42 bits per heavy atom. The van der Waals surface area contributed by atoms with Crippen LogP contribution in [-0.4, -0.2) is 17.1 Å². The van der Waals surface area contributed by atoms with E-state index in [1.165, 1.54) is 37.0 Å². The van der Waals surface area contributed by atoms with Crippen molar-refractivity contribution >= 4 is 17.3 Å². The molecule has 1 fully saturated rings. The minimum atomic E-state index is -0.751. The Bertz CT molecular complexity index is 416. The summed E-state index contributed by atoms with van der Waals surface area (Å²) in [6.45, 7) is 3.16. The quantitative estimate of drug-likeness (QED) is 0.840. The summed E-state index contributed by atoms with van der Waals surface area (Å²) in [7, 11) is 0. The number of hydrogen-bond donors (Lipinski definition) is 2. The minimum Gasteiger partial charge on any atom is -0.481 e. The van der Waals surface area contributed by atoms with Crippen LogP contribution in [-0.2, 0) is 17.8 Å². The maximum Gasteiger partial charge on any atom is 0.308 e. The molecule has 106 valence electrons. The first-order valence-electron chi connectivity index (χ1n) is 7.20. The van der Waals surface area contributed by atoms with Crippen molar-refractivity contribution in [3.8, 4) is 0 Å². The Balaban J connectivity index is 1.78. The fraction of sp³-hybridized carbons (Fsp3) is 0.667. The molecule has 2 rings (SSSR count). The van der Waals surface area contributed by atoms with Crippen LogP contribution >= 0.6 is 11.3 Å². The lowest BCUT2D eigenvalue weighted by Gasteiger charge is -2.29. The van der Waals surface area contributed by atoms with E-state index < -0.39 is 5.97 Å². The van der Waals surface area contributed by atoms with Gasteiger partial charge in [-0.25, -0.2) is 0 Å². The fourth-order valence-corrected chi connectivity index (χ4v) is 3.81. The second kappa shape index (κ2) is 7.06. The van der Waals surface area contributed by atoms with Crippen LogP contribution in [0.2, 0.25) is 0 Å². The fourth-order valence-electron chi connectivity index (χ4n) is 2.85. The first-order chi connectivity index (χ1) is 9.17. The van der Waals surface area contributed by atoms with Crippen molar-refractivity contribution < 1.29 is 9.90 Å². The molecule has 0 bridgehead atoms. The molecule has 0 spiro atoms. The van der Waals surface area contributed by atoms with Gasteiger partial charge in [0.2, 0.25) is 0 Å². The third-order valence-electron chi connectivity index (χ3n) is 3.97. The lowest BCUT2D eigenvalue weighted by molar-refractivity contribution is -0.136. The average Bonchev–Trinajstić information content (AvgIpc) is 2.83. The van der Waals surface area contributed by atoms with Gasteiger partial charge in [0.25, 0.3) is 0 Å². The minimum absolute atomic E-state index is 0.145. The second-order valence-electron chi connectivity index (χ2n) is 5.46. The van der Waals surface area contributed by atoms with E-state index in [4.69, 9.17) is 5.11 Å². The lowest BCUT2D eigenvalue weighted by Crippen LogP contribution is -2.33. The average molecular weight is 281 g/mol. The largest absolute Gasteiger partial charge is 0.481 e. The number of aliphatic carboxylic acids is 1. The molecule has 1 aromatic heterocycles. The predicted molar refractivity (Wildman–Crippen MR) is 78.5 cm³/mol. The van der Waals surface area contributed by atoms with Crippen molar-refractivity contribution in [1.82, 2.24) is 5.32 Å². The standard InChI is InChI=1S/C15H23NO2S/c1-2-11-4-3-5-12(8-11)16-10-14-7-6-13(19-14)9-15(17)18/h6-7,11-12,16H,2-5,8-10H2,1H3,(H,17,18). The van der Waals surface area contributed by atoms with Gasteiger partial charge in [0.15, 0.2) is 0 Å². The Labute approximate surface area is 119 Å². The van der Waals surface area contributed by atoms with E-state index in [0.717, 1.165) is 17.3 Å². The highest BCUT2D eigenvalue weighted by Crippen LogP contribution is 2.27. The number of hydrogen-bond acceptors (Lipinski definition) is 3. The van der Waals surface area contributed by atoms with Crippen LogP contribution in [0.15, 0.2) is 12.1 Å². The molecule has 0 aliphatic heterocycles. The van der Waals surface area contributed by atoms with Crippen molar-refractivity contribution in [2.45, 2.75) is 58.0 Å². The predicted octanol–water partition coefficient (Wildman–Crippen LogP) is 3.43. The van der Waals surface area contributed by atoms with E-state index in [-0.39, 0.29) is 6.42 Å². The Hall–Kier alpha value is -0.870. The SMILES string of the molecule is CCC1CCCC(NCc2ccc(CC(=O)O)s2)C1. The molecule has 2 N–H and O–H groups in total. The highest BCUT2D eigenvalue weighted by Gasteiger charge is 2.20. The summed E-state index contributed by atoms with van der Waals surface area (Å²) in [5.41, 5.74) is 0. The monoisotopic (exact) mass is 281 g/mol. The summed E-state index contributed by atoms with van der Waals surface area (Å²) in [4.78, 5) is 12.8. The van der Waals surface area contributed by atoms with Gasteiger partial charge in [0.1, 0.15) is 0 Å². The zero-order valence-electron chi connectivity index (χ0n) is 11.5. The summed E-state index contributed by atoms with van der Waals surface area (Å²) in [5, 5.41) is 12.4. The molecule has 0 amide bonds. The molecule has 1 saturated carbocycles. The van der Waals surface area contributed by atoms with Gasteiger partial charge in [-0.1, -0.05) is 26.2 Å². The molecule has 1 heterocycles. The summed E-state index contributed by atoms with van der Waals surface area (Å²) >= 11 is 1.61. The maximum atomic E-state index is 10.6. The van der Waals surface area contributed by atoms with Gasteiger partial charge in [0.05, 0.1) is 6.42 Å². The van der Waals surface area contributed by atoms with Gasteiger partial charge in [-0.3, -0.25) is 4.79 Å². The Morgan fingerprint density at radius 2 is 2.21 bits per heavy atom. The molecule has 0 aromatic carbocycles. The number of carboxylic acid groups (broad SMARTS) is 1. The zero-order chi connectivity index (χ0) is 13.7. The summed E-state index contributed by atoms with van der Waals surface area (Å²) in [5.74, 6) is 0.136. The van der Waals surface area contributed by atoms with E-state index in [2.05, 4.69) is 18.3 Å². The zero-order valence-corrected chi connectivity index (χ0v) is 12.3. The van der Waals surface area contributed by atoms with Crippen molar-refractivity contribution in [2.24, 2.45) is 5.92 Å². The molecule has 0 saturated heterocycles. The van der Waals surface area contributed by atoms with E-state index in [0.29, 0.717) is 6.04 Å². The van der Waals surface area contributed by atoms with E-state index in [9.17, 15) is 4.79 Å².